The van der Waals surface area contributed by atoms with Crippen molar-refractivity contribution >= 4 is 56.9 Å². The van der Waals surface area contributed by atoms with Crippen molar-refractivity contribution in [1.29, 1.82) is 0 Å². The number of nitrogens with zero attached hydrogens (tertiary/aromatic N) is 1. The second-order valence-electron chi connectivity index (χ2n) is 6.69. The molecule has 3 N–H and O–H groups in total. The lowest BCUT2D eigenvalue weighted by atomic mass is 9.84. The summed E-state index contributed by atoms with van der Waals surface area (Å²) in [6.07, 6.45) is 4.75. The normalized spacial score (nSPS) is 15.5. The summed E-state index contributed by atoms with van der Waals surface area (Å²) in [6, 6.07) is 4.28. The molecule has 2 heterocycles. The SMILES string of the molecule is O=C(Nc1ncc(C2CCC2)o1)c1ccc2sc(C(F)(F)P(=O)(O)O)c(Br)c2c1. The summed E-state index contributed by atoms with van der Waals surface area (Å²) < 4.78 is 45.2. The molecule has 1 saturated carbocycles. The van der Waals surface area contributed by atoms with Crippen LogP contribution in [0.4, 0.5) is 14.8 Å². The van der Waals surface area contributed by atoms with Gasteiger partial charge in [-0.05, 0) is 47.0 Å². The largest absolute Gasteiger partial charge is 0.428 e. The Morgan fingerprint density at radius 1 is 1.38 bits per heavy atom. The zero-order chi connectivity index (χ0) is 21.0. The number of aromatic nitrogens is 1. The van der Waals surface area contributed by atoms with Crippen LogP contribution in [-0.2, 0) is 10.2 Å². The summed E-state index contributed by atoms with van der Waals surface area (Å²) >= 11 is 3.53. The highest BCUT2D eigenvalue weighted by Crippen LogP contribution is 2.62. The molecule has 1 fully saturated rings. The number of amides is 1. The second-order valence-corrected chi connectivity index (χ2v) is 10.2. The van der Waals surface area contributed by atoms with Gasteiger partial charge in [-0.3, -0.25) is 14.7 Å². The van der Waals surface area contributed by atoms with E-state index in [1.807, 2.05) is 0 Å². The van der Waals surface area contributed by atoms with Crippen molar-refractivity contribution in [1.82, 2.24) is 4.98 Å². The summed E-state index contributed by atoms with van der Waals surface area (Å²) in [5, 5.41) is 2.77. The van der Waals surface area contributed by atoms with Gasteiger partial charge in [0.2, 0.25) is 0 Å². The predicted octanol–water partition coefficient (Wildman–Crippen LogP) is 5.40. The zero-order valence-corrected chi connectivity index (χ0v) is 17.9. The predicted molar refractivity (Wildman–Crippen MR) is 107 cm³/mol. The van der Waals surface area contributed by atoms with Crippen molar-refractivity contribution in [3.8, 4) is 0 Å². The fraction of sp³-hybridized carbons (Fsp3) is 0.294. The highest BCUT2D eigenvalue weighted by Gasteiger charge is 2.53. The smallest absolute Gasteiger partial charge is 0.400 e. The standard InChI is InChI=1S/C17H14BrF2N2O5PS/c18-13-10-6-9(4-5-12(10)29-14(13)17(19,20)28(24,25)26)15(23)22-16-21-7-11(27-16)8-2-1-3-8/h4-8H,1-3H2,(H,21,22,23)(H2,24,25,26). The van der Waals surface area contributed by atoms with Crippen molar-refractivity contribution in [3.05, 3.63) is 45.1 Å². The molecule has 1 aliphatic carbocycles. The van der Waals surface area contributed by atoms with Crippen LogP contribution in [0.3, 0.4) is 0 Å². The lowest BCUT2D eigenvalue weighted by Gasteiger charge is -2.22. The summed E-state index contributed by atoms with van der Waals surface area (Å²) in [4.78, 5) is 33.7. The molecule has 1 aromatic carbocycles. The molecule has 1 aliphatic rings. The zero-order valence-electron chi connectivity index (χ0n) is 14.6. The Morgan fingerprint density at radius 2 is 2.10 bits per heavy atom. The van der Waals surface area contributed by atoms with Crippen molar-refractivity contribution in [2.75, 3.05) is 5.32 Å². The van der Waals surface area contributed by atoms with Gasteiger partial charge in [0.05, 0.1) is 6.20 Å². The van der Waals surface area contributed by atoms with Gasteiger partial charge in [-0.15, -0.1) is 11.3 Å². The molecule has 0 saturated heterocycles. The van der Waals surface area contributed by atoms with Gasteiger partial charge in [0.15, 0.2) is 0 Å². The number of anilines is 1. The molecule has 1 amide bonds. The molecule has 0 atom stereocenters. The van der Waals surface area contributed by atoms with Crippen LogP contribution in [0.5, 0.6) is 0 Å². The van der Waals surface area contributed by atoms with Gasteiger partial charge in [0.1, 0.15) is 10.6 Å². The molecule has 12 heteroatoms. The highest BCUT2D eigenvalue weighted by molar-refractivity contribution is 9.10. The van der Waals surface area contributed by atoms with E-state index in [0.717, 1.165) is 19.3 Å². The van der Waals surface area contributed by atoms with E-state index in [-0.39, 0.29) is 21.4 Å². The van der Waals surface area contributed by atoms with Gasteiger partial charge >= 0.3 is 19.3 Å². The van der Waals surface area contributed by atoms with Gasteiger partial charge in [-0.25, -0.2) is 4.98 Å². The third-order valence-electron chi connectivity index (χ3n) is 4.78. The van der Waals surface area contributed by atoms with Crippen molar-refractivity contribution < 1.29 is 32.3 Å². The first-order valence-electron chi connectivity index (χ1n) is 8.51. The molecule has 0 spiro atoms. The van der Waals surface area contributed by atoms with Crippen molar-refractivity contribution in [3.63, 3.8) is 0 Å². The van der Waals surface area contributed by atoms with Crippen LogP contribution in [0.1, 0.15) is 46.2 Å². The first-order valence-corrected chi connectivity index (χ1v) is 11.7. The van der Waals surface area contributed by atoms with E-state index >= 15 is 0 Å². The number of rotatable bonds is 5. The number of halogens is 3. The molecule has 3 aromatic rings. The van der Waals surface area contributed by atoms with E-state index in [4.69, 9.17) is 14.2 Å². The molecule has 0 unspecified atom stereocenters. The minimum absolute atomic E-state index is 0.0510. The van der Waals surface area contributed by atoms with E-state index in [1.54, 1.807) is 6.20 Å². The third kappa shape index (κ3) is 3.66. The number of oxazole rings is 1. The first kappa shape index (κ1) is 20.6. The highest BCUT2D eigenvalue weighted by atomic mass is 79.9. The van der Waals surface area contributed by atoms with E-state index in [9.17, 15) is 18.1 Å². The van der Waals surface area contributed by atoms with Gasteiger partial charge in [0, 0.05) is 26.0 Å². The Hall–Kier alpha value is -1.65. The number of carbonyl (C=O) groups is 1. The summed E-state index contributed by atoms with van der Waals surface area (Å²) in [7, 11) is -5.71. The van der Waals surface area contributed by atoms with Crippen LogP contribution < -0.4 is 5.32 Å². The maximum atomic E-state index is 14.1. The number of alkyl halides is 2. The third-order valence-corrected chi connectivity index (χ3v) is 8.21. The van der Waals surface area contributed by atoms with E-state index in [1.165, 1.54) is 18.2 Å². The molecule has 0 aliphatic heterocycles. The van der Waals surface area contributed by atoms with Crippen LogP contribution in [0.15, 0.2) is 33.3 Å². The maximum absolute atomic E-state index is 14.1. The molecule has 29 heavy (non-hydrogen) atoms. The number of fused-ring (bicyclic) bond motifs is 1. The molecule has 0 radical (unpaired) electrons. The molecular weight excluding hydrogens is 493 g/mol. The monoisotopic (exact) mass is 506 g/mol. The maximum Gasteiger partial charge on any atom is 0.400 e. The lowest BCUT2D eigenvalue weighted by molar-refractivity contribution is 0.0595. The molecule has 7 nitrogen and oxygen atoms in total. The van der Waals surface area contributed by atoms with Gasteiger partial charge in [0.25, 0.3) is 5.91 Å². The van der Waals surface area contributed by atoms with Crippen molar-refractivity contribution in [2.24, 2.45) is 0 Å². The van der Waals surface area contributed by atoms with Crippen LogP contribution in [-0.4, -0.2) is 20.7 Å². The fourth-order valence-corrected chi connectivity index (χ4v) is 5.85. The first-order chi connectivity index (χ1) is 13.6. The van der Waals surface area contributed by atoms with Crippen LogP contribution in [0, 0.1) is 0 Å². The number of hydrogen-bond acceptors (Lipinski definition) is 5. The number of thiophene rings is 1. The van der Waals surface area contributed by atoms with Crippen LogP contribution >= 0.6 is 34.9 Å². The van der Waals surface area contributed by atoms with Crippen LogP contribution in [0.2, 0.25) is 0 Å². The fourth-order valence-electron chi connectivity index (χ4n) is 2.93. The molecule has 0 bridgehead atoms. The minimum atomic E-state index is -5.71. The van der Waals surface area contributed by atoms with Gasteiger partial charge < -0.3 is 14.2 Å². The number of nitrogens with one attached hydrogen (secondary N) is 1. The number of benzene rings is 1. The van der Waals surface area contributed by atoms with Gasteiger partial charge in [-0.1, -0.05) is 6.42 Å². The number of carbonyl (C=O) groups excluding carboxylic acids is 1. The molecular formula is C17H14BrF2N2O5PS. The summed E-state index contributed by atoms with van der Waals surface area (Å²) in [6.45, 7) is 0. The Balaban J connectivity index is 1.61. The van der Waals surface area contributed by atoms with E-state index in [2.05, 4.69) is 26.2 Å². The summed E-state index contributed by atoms with van der Waals surface area (Å²) in [5.74, 6) is 0.488. The minimum Gasteiger partial charge on any atom is -0.428 e. The quantitative estimate of drug-likeness (QED) is 0.399. The van der Waals surface area contributed by atoms with E-state index < -0.39 is 24.0 Å². The Kier molecular flexibility index (Phi) is 5.15. The second kappa shape index (κ2) is 7.24. The average molecular weight is 507 g/mol. The Labute approximate surface area is 175 Å². The van der Waals surface area contributed by atoms with Crippen molar-refractivity contribution in [2.45, 2.75) is 30.8 Å². The number of hydrogen-bond donors (Lipinski definition) is 3. The van der Waals surface area contributed by atoms with Crippen LogP contribution in [0.25, 0.3) is 10.1 Å². The average Bonchev–Trinajstić information content (AvgIpc) is 3.17. The topological polar surface area (TPSA) is 113 Å². The lowest BCUT2D eigenvalue weighted by Crippen LogP contribution is -2.12. The molecule has 154 valence electrons. The molecule has 2 aromatic heterocycles. The van der Waals surface area contributed by atoms with E-state index in [0.29, 0.717) is 27.7 Å². The Morgan fingerprint density at radius 3 is 2.72 bits per heavy atom. The van der Waals surface area contributed by atoms with Gasteiger partial charge in [-0.2, -0.15) is 8.78 Å². The molecule has 4 rings (SSSR count). The Bertz CT molecular complexity index is 1150. The summed E-state index contributed by atoms with van der Waals surface area (Å²) in [5.41, 5.74) is -4.18.